The molecule has 1 heterocycles. The minimum absolute atomic E-state index is 0.0933. The van der Waals surface area contributed by atoms with Crippen molar-refractivity contribution in [2.45, 2.75) is 6.04 Å². The Labute approximate surface area is 68.5 Å². The van der Waals surface area contributed by atoms with Crippen molar-refractivity contribution in [3.63, 3.8) is 0 Å². The lowest BCUT2D eigenvalue weighted by Gasteiger charge is -2.05. The van der Waals surface area contributed by atoms with Gasteiger partial charge in [-0.3, -0.25) is 9.78 Å². The van der Waals surface area contributed by atoms with E-state index in [4.69, 9.17) is 15.9 Å². The predicted octanol–water partition coefficient (Wildman–Crippen LogP) is -0.128. The summed E-state index contributed by atoms with van der Waals surface area (Å²) in [5.41, 5.74) is 5.54. The van der Waals surface area contributed by atoms with Crippen molar-refractivity contribution in [2.75, 3.05) is 0 Å². The molecule has 0 aliphatic rings. The van der Waals surface area contributed by atoms with Crippen LogP contribution in [0.1, 0.15) is 11.6 Å². The van der Waals surface area contributed by atoms with Crippen LogP contribution in [0.4, 0.5) is 0 Å². The highest BCUT2D eigenvalue weighted by Crippen LogP contribution is 2.14. The Kier molecular flexibility index (Phi) is 2.25. The van der Waals surface area contributed by atoms with Gasteiger partial charge in [-0.25, -0.2) is 0 Å². The molecule has 64 valence electrons. The van der Waals surface area contributed by atoms with Crippen molar-refractivity contribution < 1.29 is 15.0 Å². The number of carboxylic acids is 1. The second kappa shape index (κ2) is 3.19. The van der Waals surface area contributed by atoms with Gasteiger partial charge in [0.1, 0.15) is 11.8 Å². The van der Waals surface area contributed by atoms with Crippen LogP contribution >= 0.6 is 0 Å². The molecule has 0 amide bonds. The second-order valence-corrected chi connectivity index (χ2v) is 2.29. The fraction of sp³-hybridized carbons (Fsp3) is 0.143. The van der Waals surface area contributed by atoms with E-state index in [0.717, 1.165) is 0 Å². The molecule has 1 rings (SSSR count). The molecule has 0 spiro atoms. The highest BCUT2D eigenvalue weighted by Gasteiger charge is 2.14. The maximum absolute atomic E-state index is 10.4. The minimum atomic E-state index is -1.15. The molecule has 1 aromatic rings. The van der Waals surface area contributed by atoms with Crippen molar-refractivity contribution in [3.8, 4) is 5.75 Å². The number of carboxylic acid groups (broad SMARTS) is 1. The van der Waals surface area contributed by atoms with Gasteiger partial charge in [0.15, 0.2) is 0 Å². The molecule has 4 N–H and O–H groups in total. The zero-order chi connectivity index (χ0) is 9.14. The summed E-state index contributed by atoms with van der Waals surface area (Å²) in [6.45, 7) is 0. The summed E-state index contributed by atoms with van der Waals surface area (Å²) < 4.78 is 0. The van der Waals surface area contributed by atoms with Gasteiger partial charge >= 0.3 is 5.97 Å². The van der Waals surface area contributed by atoms with Crippen LogP contribution in [0.2, 0.25) is 0 Å². The van der Waals surface area contributed by atoms with Crippen molar-refractivity contribution in [2.24, 2.45) is 5.73 Å². The van der Waals surface area contributed by atoms with Crippen molar-refractivity contribution in [1.82, 2.24) is 4.98 Å². The number of nitrogens with zero attached hydrogens (tertiary/aromatic N) is 1. The van der Waals surface area contributed by atoms with Crippen LogP contribution in [0, 0.1) is 0 Å². The van der Waals surface area contributed by atoms with Gasteiger partial charge in [0, 0.05) is 11.8 Å². The fourth-order valence-electron chi connectivity index (χ4n) is 0.758. The smallest absolute Gasteiger partial charge is 0.325 e. The number of nitrogens with two attached hydrogens (primary N) is 1. The molecule has 0 aliphatic heterocycles. The number of hydrogen-bond donors (Lipinski definition) is 3. The summed E-state index contributed by atoms with van der Waals surface area (Å²) in [6.07, 6.45) is 2.51. The van der Waals surface area contributed by atoms with Gasteiger partial charge in [-0.15, -0.1) is 0 Å². The maximum Gasteiger partial charge on any atom is 0.325 e. The van der Waals surface area contributed by atoms with Gasteiger partial charge in [0.25, 0.3) is 0 Å². The SMILES string of the molecule is NC(C(=O)O)c1cncc(O)c1. The summed E-state index contributed by atoms with van der Waals surface area (Å²) in [5.74, 6) is -1.24. The predicted molar refractivity (Wildman–Crippen MR) is 40.5 cm³/mol. The van der Waals surface area contributed by atoms with Gasteiger partial charge in [-0.1, -0.05) is 0 Å². The average Bonchev–Trinajstić information content (AvgIpc) is 2.03. The van der Waals surface area contributed by atoms with E-state index in [0.29, 0.717) is 0 Å². The molecule has 5 heteroatoms. The van der Waals surface area contributed by atoms with E-state index in [1.54, 1.807) is 0 Å². The highest BCUT2D eigenvalue weighted by atomic mass is 16.4. The molecular weight excluding hydrogens is 160 g/mol. The lowest BCUT2D eigenvalue weighted by molar-refractivity contribution is -0.138. The third kappa shape index (κ3) is 1.70. The molecule has 1 unspecified atom stereocenters. The average molecular weight is 168 g/mol. The van der Waals surface area contributed by atoms with Gasteiger partial charge in [-0.2, -0.15) is 0 Å². The minimum Gasteiger partial charge on any atom is -0.506 e. The van der Waals surface area contributed by atoms with Crippen LogP contribution in [-0.2, 0) is 4.79 Å². The first-order chi connectivity index (χ1) is 5.61. The number of aromatic hydroxyl groups is 1. The lowest BCUT2D eigenvalue weighted by atomic mass is 10.1. The highest BCUT2D eigenvalue weighted by molar-refractivity contribution is 5.75. The summed E-state index contributed by atoms with van der Waals surface area (Å²) in [7, 11) is 0. The number of aliphatic carboxylic acids is 1. The molecule has 0 bridgehead atoms. The molecular formula is C7H8N2O3. The molecule has 0 saturated heterocycles. The van der Waals surface area contributed by atoms with Crippen LogP contribution in [-0.4, -0.2) is 21.2 Å². The van der Waals surface area contributed by atoms with E-state index in [1.165, 1.54) is 18.5 Å². The Morgan fingerprint density at radius 3 is 2.75 bits per heavy atom. The van der Waals surface area contributed by atoms with Crippen LogP contribution in [0.3, 0.4) is 0 Å². The lowest BCUT2D eigenvalue weighted by Crippen LogP contribution is -2.20. The standard InChI is InChI=1S/C7H8N2O3/c8-6(7(11)12)4-1-5(10)3-9-2-4/h1-3,6,10H,8H2,(H,11,12). The molecule has 0 aliphatic carbocycles. The van der Waals surface area contributed by atoms with Gasteiger partial charge in [-0.05, 0) is 6.07 Å². The van der Waals surface area contributed by atoms with Crippen LogP contribution in [0.25, 0.3) is 0 Å². The molecule has 0 radical (unpaired) electrons. The first kappa shape index (κ1) is 8.48. The Morgan fingerprint density at radius 1 is 1.58 bits per heavy atom. The number of rotatable bonds is 2. The first-order valence-corrected chi connectivity index (χ1v) is 3.23. The van der Waals surface area contributed by atoms with Crippen LogP contribution < -0.4 is 5.73 Å². The number of aromatic nitrogens is 1. The molecule has 0 saturated carbocycles. The maximum atomic E-state index is 10.4. The normalized spacial score (nSPS) is 12.4. The van der Waals surface area contributed by atoms with E-state index in [2.05, 4.69) is 4.98 Å². The molecule has 1 aromatic heterocycles. The van der Waals surface area contributed by atoms with Crippen molar-refractivity contribution in [3.05, 3.63) is 24.0 Å². The third-order valence-electron chi connectivity index (χ3n) is 1.37. The van der Waals surface area contributed by atoms with Gasteiger partial charge < -0.3 is 15.9 Å². The Morgan fingerprint density at radius 2 is 2.25 bits per heavy atom. The molecule has 12 heavy (non-hydrogen) atoms. The monoisotopic (exact) mass is 168 g/mol. The van der Waals surface area contributed by atoms with Gasteiger partial charge in [0.2, 0.25) is 0 Å². The third-order valence-corrected chi connectivity index (χ3v) is 1.37. The zero-order valence-electron chi connectivity index (χ0n) is 6.14. The van der Waals surface area contributed by atoms with E-state index >= 15 is 0 Å². The number of pyridine rings is 1. The van der Waals surface area contributed by atoms with Gasteiger partial charge in [0.05, 0.1) is 6.20 Å². The van der Waals surface area contributed by atoms with E-state index in [9.17, 15) is 4.79 Å². The Bertz CT molecular complexity index is 300. The number of hydrogen-bond acceptors (Lipinski definition) is 4. The summed E-state index contributed by atoms with van der Waals surface area (Å²) in [6, 6.07) is 0.135. The van der Waals surface area contributed by atoms with E-state index in [-0.39, 0.29) is 11.3 Å². The van der Waals surface area contributed by atoms with Crippen LogP contribution in [0.15, 0.2) is 18.5 Å². The Balaban J connectivity index is 2.95. The topological polar surface area (TPSA) is 96.4 Å². The second-order valence-electron chi connectivity index (χ2n) is 2.29. The van der Waals surface area contributed by atoms with Crippen LogP contribution in [0.5, 0.6) is 5.75 Å². The van der Waals surface area contributed by atoms with E-state index < -0.39 is 12.0 Å². The van der Waals surface area contributed by atoms with Crippen molar-refractivity contribution in [1.29, 1.82) is 0 Å². The molecule has 0 fully saturated rings. The molecule has 0 aromatic carbocycles. The quantitative estimate of drug-likeness (QED) is 0.571. The van der Waals surface area contributed by atoms with Crippen molar-refractivity contribution >= 4 is 5.97 Å². The largest absolute Gasteiger partial charge is 0.506 e. The number of carbonyl (C=O) groups is 1. The molecule has 1 atom stereocenters. The van der Waals surface area contributed by atoms with E-state index in [1.807, 2.05) is 0 Å². The Hall–Kier alpha value is -1.62. The summed E-state index contributed by atoms with van der Waals surface area (Å²) >= 11 is 0. The fourth-order valence-corrected chi connectivity index (χ4v) is 0.758. The zero-order valence-corrected chi connectivity index (χ0v) is 6.14. The summed E-state index contributed by atoms with van der Waals surface area (Å²) in [5, 5.41) is 17.4. The molecule has 5 nitrogen and oxygen atoms in total. The first-order valence-electron chi connectivity index (χ1n) is 3.23. The summed E-state index contributed by atoms with van der Waals surface area (Å²) in [4.78, 5) is 14.0.